The molecule has 0 N–H and O–H groups in total. The monoisotopic (exact) mass is 457 g/mol. The van der Waals surface area contributed by atoms with Crippen LogP contribution in [-0.4, -0.2) is 33.7 Å². The standard InChI is InChI=1S/C24H22F3N3O3/c1-15-12-21(31)22(28-30(15)19-5-3-4-17(13-19)24(25,26)27)23(32)29(18-8-9-18)14-16-6-10-20(33-2)11-7-16/h3-7,10-13,18H,8-9,14H2,1-2H3. The number of hydrogen-bond donors (Lipinski definition) is 0. The van der Waals surface area contributed by atoms with Crippen LogP contribution in [0.5, 0.6) is 5.75 Å². The average molecular weight is 457 g/mol. The molecule has 0 unspecified atom stereocenters. The van der Waals surface area contributed by atoms with E-state index in [0.29, 0.717) is 11.4 Å². The van der Waals surface area contributed by atoms with Gasteiger partial charge < -0.3 is 9.64 Å². The highest BCUT2D eigenvalue weighted by atomic mass is 19.4. The zero-order valence-electron chi connectivity index (χ0n) is 18.1. The predicted molar refractivity (Wildman–Crippen MR) is 115 cm³/mol. The third-order valence-corrected chi connectivity index (χ3v) is 5.49. The molecule has 1 aliphatic carbocycles. The lowest BCUT2D eigenvalue weighted by Crippen LogP contribution is -2.37. The van der Waals surface area contributed by atoms with Crippen molar-refractivity contribution in [3.05, 3.63) is 87.3 Å². The van der Waals surface area contributed by atoms with E-state index in [2.05, 4.69) is 5.10 Å². The summed E-state index contributed by atoms with van der Waals surface area (Å²) in [5, 5.41) is 4.19. The first-order valence-corrected chi connectivity index (χ1v) is 10.4. The molecular formula is C24H22F3N3O3. The van der Waals surface area contributed by atoms with Crippen LogP contribution in [-0.2, 0) is 12.7 Å². The number of methoxy groups -OCH3 is 1. The Kier molecular flexibility index (Phi) is 5.97. The maximum absolute atomic E-state index is 13.3. The highest BCUT2D eigenvalue weighted by Gasteiger charge is 2.35. The molecule has 0 aliphatic heterocycles. The third kappa shape index (κ3) is 4.92. The molecule has 0 saturated heterocycles. The Balaban J connectivity index is 1.69. The van der Waals surface area contributed by atoms with Gasteiger partial charge in [-0.2, -0.15) is 18.3 Å². The molecule has 1 saturated carbocycles. The van der Waals surface area contributed by atoms with Gasteiger partial charge in [-0.25, -0.2) is 4.68 Å². The first-order valence-electron chi connectivity index (χ1n) is 10.4. The SMILES string of the molecule is COc1ccc(CN(C(=O)c2nn(-c3cccc(C(F)(F)F)c3)c(C)cc2=O)C2CC2)cc1. The number of alkyl halides is 3. The minimum atomic E-state index is -4.53. The van der Waals surface area contributed by atoms with Gasteiger partial charge in [-0.05, 0) is 55.7 Å². The molecule has 172 valence electrons. The van der Waals surface area contributed by atoms with E-state index in [1.807, 2.05) is 12.1 Å². The van der Waals surface area contributed by atoms with Gasteiger partial charge in [0, 0.05) is 24.3 Å². The van der Waals surface area contributed by atoms with Gasteiger partial charge in [0.25, 0.3) is 5.91 Å². The van der Waals surface area contributed by atoms with Gasteiger partial charge in [-0.1, -0.05) is 18.2 Å². The van der Waals surface area contributed by atoms with Gasteiger partial charge in [0.05, 0.1) is 18.4 Å². The summed E-state index contributed by atoms with van der Waals surface area (Å²) in [7, 11) is 1.56. The highest BCUT2D eigenvalue weighted by Crippen LogP contribution is 2.31. The second-order valence-corrected chi connectivity index (χ2v) is 7.97. The van der Waals surface area contributed by atoms with Crippen LogP contribution in [0.4, 0.5) is 13.2 Å². The zero-order valence-corrected chi connectivity index (χ0v) is 18.1. The summed E-state index contributed by atoms with van der Waals surface area (Å²) in [4.78, 5) is 27.6. The lowest BCUT2D eigenvalue weighted by molar-refractivity contribution is -0.137. The van der Waals surface area contributed by atoms with Gasteiger partial charge in [0.2, 0.25) is 5.43 Å². The van der Waals surface area contributed by atoms with Crippen LogP contribution in [0.3, 0.4) is 0 Å². The molecular weight excluding hydrogens is 435 g/mol. The number of aryl methyl sites for hydroxylation is 1. The Bertz CT molecular complexity index is 1230. The summed E-state index contributed by atoms with van der Waals surface area (Å²) in [5.41, 5.74) is -0.429. The van der Waals surface area contributed by atoms with Crippen LogP contribution >= 0.6 is 0 Å². The number of ether oxygens (including phenoxy) is 1. The number of benzene rings is 2. The fourth-order valence-electron chi connectivity index (χ4n) is 3.59. The van der Waals surface area contributed by atoms with E-state index in [1.165, 1.54) is 22.9 Å². The summed E-state index contributed by atoms with van der Waals surface area (Å²) in [6.07, 6.45) is -2.89. The van der Waals surface area contributed by atoms with Crippen LogP contribution < -0.4 is 10.2 Å². The van der Waals surface area contributed by atoms with Crippen molar-refractivity contribution in [1.29, 1.82) is 0 Å². The maximum atomic E-state index is 13.3. The number of aromatic nitrogens is 2. The number of halogens is 3. The van der Waals surface area contributed by atoms with Crippen molar-refractivity contribution in [3.8, 4) is 11.4 Å². The van der Waals surface area contributed by atoms with E-state index < -0.39 is 23.1 Å². The highest BCUT2D eigenvalue weighted by molar-refractivity contribution is 5.92. The van der Waals surface area contributed by atoms with Crippen LogP contribution in [0.15, 0.2) is 59.4 Å². The molecule has 1 aromatic heterocycles. The second kappa shape index (κ2) is 8.73. The maximum Gasteiger partial charge on any atom is 0.416 e. The van der Waals surface area contributed by atoms with E-state index in [4.69, 9.17) is 4.74 Å². The number of carbonyl (C=O) groups is 1. The van der Waals surface area contributed by atoms with Gasteiger partial charge in [-0.15, -0.1) is 0 Å². The molecule has 1 fully saturated rings. The van der Waals surface area contributed by atoms with Crippen LogP contribution in [0.2, 0.25) is 0 Å². The lowest BCUT2D eigenvalue weighted by atomic mass is 10.1. The summed E-state index contributed by atoms with van der Waals surface area (Å²) < 4.78 is 45.8. The number of rotatable bonds is 6. The fourth-order valence-corrected chi connectivity index (χ4v) is 3.59. The van der Waals surface area contributed by atoms with Crippen LogP contribution in [0.1, 0.15) is 40.2 Å². The molecule has 0 radical (unpaired) electrons. The van der Waals surface area contributed by atoms with E-state index in [0.717, 1.165) is 30.5 Å². The molecule has 1 heterocycles. The average Bonchev–Trinajstić information content (AvgIpc) is 3.62. The first kappa shape index (κ1) is 22.6. The quantitative estimate of drug-likeness (QED) is 0.551. The molecule has 0 bridgehead atoms. The first-order chi connectivity index (χ1) is 15.7. The molecule has 6 nitrogen and oxygen atoms in total. The molecule has 4 rings (SSSR count). The molecule has 1 aliphatic rings. The Hall–Kier alpha value is -3.62. The van der Waals surface area contributed by atoms with Crippen molar-refractivity contribution in [2.24, 2.45) is 0 Å². The normalized spacial score (nSPS) is 13.6. The summed E-state index contributed by atoms with van der Waals surface area (Å²) in [5.74, 6) is 0.145. The zero-order chi connectivity index (χ0) is 23.8. The van der Waals surface area contributed by atoms with Crippen molar-refractivity contribution in [1.82, 2.24) is 14.7 Å². The number of hydrogen-bond acceptors (Lipinski definition) is 4. The Morgan fingerprint density at radius 3 is 2.45 bits per heavy atom. The van der Waals surface area contributed by atoms with E-state index >= 15 is 0 Å². The van der Waals surface area contributed by atoms with E-state index in [1.54, 1.807) is 31.1 Å². The molecule has 9 heteroatoms. The molecule has 3 aromatic rings. The number of nitrogens with zero attached hydrogens (tertiary/aromatic N) is 3. The Morgan fingerprint density at radius 2 is 1.85 bits per heavy atom. The predicted octanol–water partition coefficient (Wildman–Crippen LogP) is 4.37. The van der Waals surface area contributed by atoms with Gasteiger partial charge >= 0.3 is 6.18 Å². The summed E-state index contributed by atoms with van der Waals surface area (Å²) in [6.45, 7) is 1.84. The minimum Gasteiger partial charge on any atom is -0.497 e. The van der Waals surface area contributed by atoms with Gasteiger partial charge in [0.15, 0.2) is 5.69 Å². The third-order valence-electron chi connectivity index (χ3n) is 5.49. The molecule has 0 atom stereocenters. The lowest BCUT2D eigenvalue weighted by Gasteiger charge is -2.22. The smallest absolute Gasteiger partial charge is 0.416 e. The van der Waals surface area contributed by atoms with E-state index in [9.17, 15) is 22.8 Å². The van der Waals surface area contributed by atoms with Crippen molar-refractivity contribution in [2.45, 2.75) is 38.5 Å². The summed E-state index contributed by atoms with van der Waals surface area (Å²) >= 11 is 0. The molecule has 1 amide bonds. The second-order valence-electron chi connectivity index (χ2n) is 7.97. The minimum absolute atomic E-state index is 0.0101. The van der Waals surface area contributed by atoms with Crippen molar-refractivity contribution in [3.63, 3.8) is 0 Å². The van der Waals surface area contributed by atoms with Crippen LogP contribution in [0.25, 0.3) is 5.69 Å². The molecule has 33 heavy (non-hydrogen) atoms. The van der Waals surface area contributed by atoms with Gasteiger partial charge in [0.1, 0.15) is 5.75 Å². The molecule has 2 aromatic carbocycles. The van der Waals surface area contributed by atoms with Crippen molar-refractivity contribution < 1.29 is 22.7 Å². The molecule has 0 spiro atoms. The number of amides is 1. The fraction of sp³-hybridized carbons (Fsp3) is 0.292. The topological polar surface area (TPSA) is 64.4 Å². The van der Waals surface area contributed by atoms with Crippen molar-refractivity contribution >= 4 is 5.91 Å². The van der Waals surface area contributed by atoms with Crippen LogP contribution in [0, 0.1) is 6.92 Å². The summed E-state index contributed by atoms with van der Waals surface area (Å²) in [6, 6.07) is 13.1. The van der Waals surface area contributed by atoms with Crippen molar-refractivity contribution in [2.75, 3.05) is 7.11 Å². The number of carbonyl (C=O) groups excluding carboxylic acids is 1. The largest absolute Gasteiger partial charge is 0.497 e. The van der Waals surface area contributed by atoms with Gasteiger partial charge in [-0.3, -0.25) is 9.59 Å². The van der Waals surface area contributed by atoms with E-state index in [-0.39, 0.29) is 24.0 Å². The Labute approximate surface area is 188 Å². The Morgan fingerprint density at radius 1 is 1.15 bits per heavy atom.